The zero-order valence-electron chi connectivity index (χ0n) is 21.9. The van der Waals surface area contributed by atoms with Crippen molar-refractivity contribution in [2.45, 2.75) is 50.7 Å². The van der Waals surface area contributed by atoms with Crippen molar-refractivity contribution in [3.05, 3.63) is 114 Å². The summed E-state index contributed by atoms with van der Waals surface area (Å²) in [6.45, 7) is -0.0647. The van der Waals surface area contributed by atoms with Crippen LogP contribution in [0.1, 0.15) is 36.8 Å². The van der Waals surface area contributed by atoms with Crippen LogP contribution in [0.2, 0.25) is 0 Å². The summed E-state index contributed by atoms with van der Waals surface area (Å²) in [5, 5.41) is 5.13. The molecule has 0 bridgehead atoms. The van der Waals surface area contributed by atoms with Gasteiger partial charge in [0.25, 0.3) is 5.91 Å². The van der Waals surface area contributed by atoms with Crippen LogP contribution < -0.4 is 10.1 Å². The summed E-state index contributed by atoms with van der Waals surface area (Å²) in [7, 11) is 0. The minimum absolute atomic E-state index is 0.116. The number of fused-ring (bicyclic) bond motifs is 1. The summed E-state index contributed by atoms with van der Waals surface area (Å²) in [4.78, 5) is 29.2. The van der Waals surface area contributed by atoms with E-state index in [2.05, 4.69) is 5.32 Å². The van der Waals surface area contributed by atoms with E-state index >= 15 is 0 Å². The van der Waals surface area contributed by atoms with E-state index in [1.54, 1.807) is 17.0 Å². The van der Waals surface area contributed by atoms with Crippen molar-refractivity contribution >= 4 is 22.6 Å². The van der Waals surface area contributed by atoms with Crippen molar-refractivity contribution in [3.8, 4) is 5.75 Å². The van der Waals surface area contributed by atoms with Gasteiger partial charge in [-0.25, -0.2) is 4.39 Å². The first kappa shape index (κ1) is 26.4. The highest BCUT2D eigenvalue weighted by Gasteiger charge is 2.32. The molecule has 4 aromatic rings. The van der Waals surface area contributed by atoms with Crippen LogP contribution in [0.5, 0.6) is 5.75 Å². The van der Waals surface area contributed by atoms with Crippen LogP contribution in [-0.4, -0.2) is 35.4 Å². The Bertz CT molecular complexity index is 1400. The average molecular weight is 525 g/mol. The number of carbonyl (C=O) groups excluding carboxylic acids is 2. The molecule has 1 fully saturated rings. The largest absolute Gasteiger partial charge is 0.483 e. The number of rotatable bonds is 10. The Morgan fingerprint density at radius 2 is 1.54 bits per heavy atom. The van der Waals surface area contributed by atoms with E-state index in [-0.39, 0.29) is 36.8 Å². The molecule has 0 aromatic heterocycles. The van der Waals surface area contributed by atoms with Crippen LogP contribution in [0.15, 0.2) is 97.1 Å². The summed E-state index contributed by atoms with van der Waals surface area (Å²) in [5.74, 6) is -0.227. The lowest BCUT2D eigenvalue weighted by Crippen LogP contribution is -2.53. The van der Waals surface area contributed by atoms with Crippen molar-refractivity contribution in [1.82, 2.24) is 10.2 Å². The molecule has 1 atom stereocenters. The van der Waals surface area contributed by atoms with Gasteiger partial charge < -0.3 is 15.0 Å². The smallest absolute Gasteiger partial charge is 0.261 e. The maximum atomic E-state index is 13.8. The molecule has 0 saturated heterocycles. The molecule has 1 saturated carbocycles. The first-order valence-corrected chi connectivity index (χ1v) is 13.6. The maximum absolute atomic E-state index is 13.8. The van der Waals surface area contributed by atoms with Gasteiger partial charge >= 0.3 is 0 Å². The lowest BCUT2D eigenvalue weighted by atomic mass is 10.0. The van der Waals surface area contributed by atoms with E-state index in [0.29, 0.717) is 12.2 Å². The van der Waals surface area contributed by atoms with E-state index in [0.717, 1.165) is 47.6 Å². The third kappa shape index (κ3) is 6.82. The van der Waals surface area contributed by atoms with Gasteiger partial charge in [-0.3, -0.25) is 9.59 Å². The predicted molar refractivity (Wildman–Crippen MR) is 151 cm³/mol. The molecule has 1 aliphatic rings. The van der Waals surface area contributed by atoms with Crippen molar-refractivity contribution < 1.29 is 18.7 Å². The number of amides is 2. The van der Waals surface area contributed by atoms with Gasteiger partial charge in [0.1, 0.15) is 17.6 Å². The first-order valence-electron chi connectivity index (χ1n) is 13.6. The van der Waals surface area contributed by atoms with E-state index in [4.69, 9.17) is 4.74 Å². The molecule has 0 radical (unpaired) electrons. The van der Waals surface area contributed by atoms with Crippen LogP contribution in [-0.2, 0) is 22.6 Å². The summed E-state index contributed by atoms with van der Waals surface area (Å²) in [6.07, 6.45) is 4.43. The van der Waals surface area contributed by atoms with Crippen LogP contribution in [0.25, 0.3) is 10.8 Å². The minimum Gasteiger partial charge on any atom is -0.483 e. The Hall–Kier alpha value is -4.19. The number of halogens is 1. The molecule has 39 heavy (non-hydrogen) atoms. The van der Waals surface area contributed by atoms with Crippen LogP contribution in [0, 0.1) is 5.82 Å². The number of hydrogen-bond acceptors (Lipinski definition) is 3. The maximum Gasteiger partial charge on any atom is 0.261 e. The molecule has 6 heteroatoms. The second kappa shape index (κ2) is 12.6. The van der Waals surface area contributed by atoms with Crippen LogP contribution in [0.3, 0.4) is 0 Å². The van der Waals surface area contributed by atoms with Crippen LogP contribution >= 0.6 is 0 Å². The van der Waals surface area contributed by atoms with E-state index in [9.17, 15) is 14.0 Å². The summed E-state index contributed by atoms with van der Waals surface area (Å²) < 4.78 is 19.7. The molecular weight excluding hydrogens is 491 g/mol. The molecule has 5 nitrogen and oxygen atoms in total. The number of nitrogens with zero attached hydrogens (tertiary/aromatic N) is 1. The molecule has 2 amide bonds. The van der Waals surface area contributed by atoms with Gasteiger partial charge in [-0.2, -0.15) is 0 Å². The fourth-order valence-electron chi connectivity index (χ4n) is 5.25. The second-order valence-electron chi connectivity index (χ2n) is 10.1. The molecule has 4 aromatic carbocycles. The number of benzene rings is 4. The Kier molecular flexibility index (Phi) is 8.51. The summed E-state index contributed by atoms with van der Waals surface area (Å²) in [5.41, 5.74) is 1.69. The second-order valence-corrected chi connectivity index (χ2v) is 10.1. The molecule has 200 valence electrons. The van der Waals surface area contributed by atoms with Gasteiger partial charge in [0.05, 0.1) is 0 Å². The van der Waals surface area contributed by atoms with Crippen molar-refractivity contribution in [2.75, 3.05) is 6.61 Å². The Labute approximate surface area is 228 Å². The number of ether oxygens (including phenoxy) is 1. The molecule has 1 aliphatic carbocycles. The Morgan fingerprint density at radius 1 is 0.846 bits per heavy atom. The average Bonchev–Trinajstić information content (AvgIpc) is 3.48. The quantitative estimate of drug-likeness (QED) is 0.275. The van der Waals surface area contributed by atoms with Gasteiger partial charge in [-0.15, -0.1) is 0 Å². The van der Waals surface area contributed by atoms with Crippen molar-refractivity contribution in [1.29, 1.82) is 0 Å². The standard InChI is InChI=1S/C33H33FN2O3/c34-27-19-17-25(18-20-27)22-36(32(37)23-39-31-16-8-12-26-11-4-7-15-29(26)31)30(21-24-9-2-1-3-10-24)33(38)35-28-13-5-6-14-28/h1-4,7-12,15-20,28,30H,5-6,13-14,21-23H2,(H,35,38)/t30-/m0/s1. The molecule has 0 spiro atoms. The van der Waals surface area contributed by atoms with Gasteiger partial charge in [-0.1, -0.05) is 91.7 Å². The lowest BCUT2D eigenvalue weighted by Gasteiger charge is -2.32. The molecular formula is C33H33FN2O3. The first-order chi connectivity index (χ1) is 19.1. The monoisotopic (exact) mass is 524 g/mol. The molecule has 0 unspecified atom stereocenters. The highest BCUT2D eigenvalue weighted by Crippen LogP contribution is 2.26. The van der Waals surface area contributed by atoms with Gasteiger partial charge in [0.15, 0.2) is 6.61 Å². The van der Waals surface area contributed by atoms with Gasteiger partial charge in [0, 0.05) is 24.4 Å². The lowest BCUT2D eigenvalue weighted by molar-refractivity contribution is -0.143. The molecule has 0 heterocycles. The van der Waals surface area contributed by atoms with Crippen molar-refractivity contribution in [2.24, 2.45) is 0 Å². The van der Waals surface area contributed by atoms with E-state index in [1.165, 1.54) is 12.1 Å². The summed E-state index contributed by atoms with van der Waals surface area (Å²) in [6, 6.07) is 28.7. The van der Waals surface area contributed by atoms with Gasteiger partial charge in [0.2, 0.25) is 5.91 Å². The molecule has 1 N–H and O–H groups in total. The number of nitrogens with one attached hydrogen (secondary N) is 1. The Balaban J connectivity index is 1.43. The van der Waals surface area contributed by atoms with Crippen LogP contribution in [0.4, 0.5) is 4.39 Å². The summed E-state index contributed by atoms with van der Waals surface area (Å²) >= 11 is 0. The fraction of sp³-hybridized carbons (Fsp3) is 0.273. The topological polar surface area (TPSA) is 58.6 Å². The highest BCUT2D eigenvalue weighted by atomic mass is 19.1. The zero-order chi connectivity index (χ0) is 27.0. The third-order valence-corrected chi connectivity index (χ3v) is 7.34. The third-order valence-electron chi connectivity index (χ3n) is 7.34. The molecule has 5 rings (SSSR count). The highest BCUT2D eigenvalue weighted by molar-refractivity contribution is 5.90. The fourth-order valence-corrected chi connectivity index (χ4v) is 5.25. The van der Waals surface area contributed by atoms with E-state index < -0.39 is 6.04 Å². The number of carbonyl (C=O) groups is 2. The predicted octanol–water partition coefficient (Wildman–Crippen LogP) is 6.06. The number of hydrogen-bond donors (Lipinski definition) is 1. The van der Waals surface area contributed by atoms with Crippen molar-refractivity contribution in [3.63, 3.8) is 0 Å². The van der Waals surface area contributed by atoms with E-state index in [1.807, 2.05) is 72.8 Å². The molecule has 0 aliphatic heterocycles. The Morgan fingerprint density at radius 3 is 2.31 bits per heavy atom. The normalized spacial score (nSPS) is 14.2. The van der Waals surface area contributed by atoms with Gasteiger partial charge in [-0.05, 0) is 47.6 Å². The SMILES string of the molecule is O=C(NC1CCCC1)[C@H](Cc1ccccc1)N(Cc1ccc(F)cc1)C(=O)COc1cccc2ccccc12. The zero-order valence-corrected chi connectivity index (χ0v) is 21.9. The minimum atomic E-state index is -0.748.